The molecular formula is C18H16N2O5. The number of rotatable bonds is 5. The van der Waals surface area contributed by atoms with Gasteiger partial charge in [0.15, 0.2) is 0 Å². The number of ether oxygens (including phenoxy) is 2. The number of hydrogen-bond acceptors (Lipinski definition) is 5. The van der Waals surface area contributed by atoms with Crippen molar-refractivity contribution in [3.8, 4) is 11.5 Å². The normalized spacial score (nSPS) is 10.6. The van der Waals surface area contributed by atoms with E-state index in [0.717, 1.165) is 5.56 Å². The van der Waals surface area contributed by atoms with Gasteiger partial charge in [0.05, 0.1) is 31.1 Å². The molecule has 0 aliphatic heterocycles. The van der Waals surface area contributed by atoms with Gasteiger partial charge in [-0.2, -0.15) is 0 Å². The summed E-state index contributed by atoms with van der Waals surface area (Å²) in [7, 11) is 3.11. The molecule has 0 saturated carbocycles. The number of methoxy groups -OCH3 is 2. The lowest BCUT2D eigenvalue weighted by molar-refractivity contribution is -0.384. The zero-order valence-electron chi connectivity index (χ0n) is 13.8. The van der Waals surface area contributed by atoms with Crippen LogP contribution in [0.2, 0.25) is 0 Å². The van der Waals surface area contributed by atoms with Gasteiger partial charge in [0.1, 0.15) is 11.5 Å². The van der Waals surface area contributed by atoms with E-state index in [1.165, 1.54) is 16.7 Å². The van der Waals surface area contributed by atoms with Crippen LogP contribution in [0, 0.1) is 10.1 Å². The number of fused-ring (bicyclic) bond motifs is 1. The van der Waals surface area contributed by atoms with Crippen LogP contribution in [0.25, 0.3) is 10.8 Å². The Labute approximate surface area is 143 Å². The third-order valence-corrected chi connectivity index (χ3v) is 4.01. The average Bonchev–Trinajstić information content (AvgIpc) is 2.63. The molecule has 0 unspecified atom stereocenters. The molecule has 25 heavy (non-hydrogen) atoms. The van der Waals surface area contributed by atoms with Crippen molar-refractivity contribution in [2.75, 3.05) is 14.2 Å². The highest BCUT2D eigenvalue weighted by atomic mass is 16.6. The summed E-state index contributed by atoms with van der Waals surface area (Å²) >= 11 is 0. The van der Waals surface area contributed by atoms with Gasteiger partial charge in [-0.15, -0.1) is 0 Å². The van der Waals surface area contributed by atoms with Crippen LogP contribution in [0.3, 0.4) is 0 Å². The molecule has 2 aromatic carbocycles. The Kier molecular flexibility index (Phi) is 4.38. The molecule has 0 fully saturated rings. The molecule has 0 spiro atoms. The Morgan fingerprint density at radius 2 is 1.88 bits per heavy atom. The van der Waals surface area contributed by atoms with Crippen molar-refractivity contribution in [2.24, 2.45) is 0 Å². The van der Waals surface area contributed by atoms with E-state index in [0.29, 0.717) is 22.3 Å². The first-order valence-electron chi connectivity index (χ1n) is 7.52. The average molecular weight is 340 g/mol. The van der Waals surface area contributed by atoms with Crippen LogP contribution in [0.4, 0.5) is 5.69 Å². The lowest BCUT2D eigenvalue weighted by atomic mass is 10.1. The third-order valence-electron chi connectivity index (χ3n) is 4.01. The largest absolute Gasteiger partial charge is 0.497 e. The molecule has 0 N–H and O–H groups in total. The fraction of sp³-hybridized carbons (Fsp3) is 0.167. The standard InChI is InChI=1S/C18H16N2O5/c1-24-15-6-4-13(17(10-15)25-2)11-19-8-7-12-3-5-14(20(22)23)9-16(12)18(19)21/h3-10H,11H2,1-2H3. The summed E-state index contributed by atoms with van der Waals surface area (Å²) in [5.41, 5.74) is 0.402. The van der Waals surface area contributed by atoms with Gasteiger partial charge in [0.2, 0.25) is 0 Å². The topological polar surface area (TPSA) is 83.6 Å². The van der Waals surface area contributed by atoms with Crippen molar-refractivity contribution in [1.29, 1.82) is 0 Å². The van der Waals surface area contributed by atoms with E-state index < -0.39 is 4.92 Å². The summed E-state index contributed by atoms with van der Waals surface area (Å²) in [6.45, 7) is 0.282. The second-order valence-electron chi connectivity index (χ2n) is 5.46. The molecule has 0 radical (unpaired) electrons. The number of nitro benzene ring substituents is 1. The van der Waals surface area contributed by atoms with Crippen molar-refractivity contribution in [1.82, 2.24) is 4.57 Å². The molecular weight excluding hydrogens is 324 g/mol. The summed E-state index contributed by atoms with van der Waals surface area (Å²) in [4.78, 5) is 23.1. The van der Waals surface area contributed by atoms with Crippen LogP contribution >= 0.6 is 0 Å². The molecule has 1 aromatic heterocycles. The Balaban J connectivity index is 2.06. The van der Waals surface area contributed by atoms with Crippen LogP contribution < -0.4 is 15.0 Å². The SMILES string of the molecule is COc1ccc(Cn2ccc3ccc([N+](=O)[O-])cc3c2=O)c(OC)c1. The van der Waals surface area contributed by atoms with Gasteiger partial charge in [-0.3, -0.25) is 14.9 Å². The Morgan fingerprint density at radius 1 is 1.08 bits per heavy atom. The zero-order chi connectivity index (χ0) is 18.0. The number of nitro groups is 1. The minimum Gasteiger partial charge on any atom is -0.497 e. The van der Waals surface area contributed by atoms with Crippen LogP contribution in [-0.4, -0.2) is 23.7 Å². The molecule has 0 atom stereocenters. The van der Waals surface area contributed by atoms with E-state index in [1.807, 2.05) is 6.07 Å². The van der Waals surface area contributed by atoms with Crippen molar-refractivity contribution in [3.63, 3.8) is 0 Å². The maximum Gasteiger partial charge on any atom is 0.270 e. The maximum atomic E-state index is 12.7. The van der Waals surface area contributed by atoms with E-state index >= 15 is 0 Å². The summed E-state index contributed by atoms with van der Waals surface area (Å²) in [6, 6.07) is 11.4. The highest BCUT2D eigenvalue weighted by molar-refractivity contribution is 5.83. The Bertz CT molecular complexity index is 1010. The fourth-order valence-corrected chi connectivity index (χ4v) is 2.67. The Hall–Kier alpha value is -3.35. The van der Waals surface area contributed by atoms with Crippen molar-refractivity contribution in [3.05, 3.63) is 74.7 Å². The molecule has 0 aliphatic rings. The van der Waals surface area contributed by atoms with E-state index in [9.17, 15) is 14.9 Å². The lowest BCUT2D eigenvalue weighted by Crippen LogP contribution is -2.20. The van der Waals surface area contributed by atoms with E-state index in [4.69, 9.17) is 9.47 Å². The number of nitrogens with zero attached hydrogens (tertiary/aromatic N) is 2. The molecule has 7 heteroatoms. The smallest absolute Gasteiger partial charge is 0.270 e. The van der Waals surface area contributed by atoms with E-state index in [2.05, 4.69) is 0 Å². The monoisotopic (exact) mass is 340 g/mol. The van der Waals surface area contributed by atoms with Gasteiger partial charge >= 0.3 is 0 Å². The molecule has 7 nitrogen and oxygen atoms in total. The molecule has 1 heterocycles. The number of hydrogen-bond donors (Lipinski definition) is 0. The van der Waals surface area contributed by atoms with Crippen LogP contribution in [0.5, 0.6) is 11.5 Å². The third kappa shape index (κ3) is 3.16. The van der Waals surface area contributed by atoms with Crippen molar-refractivity contribution >= 4 is 16.5 Å². The number of benzene rings is 2. The van der Waals surface area contributed by atoms with Gasteiger partial charge < -0.3 is 14.0 Å². The molecule has 0 amide bonds. The lowest BCUT2D eigenvalue weighted by Gasteiger charge is -2.12. The fourth-order valence-electron chi connectivity index (χ4n) is 2.67. The summed E-state index contributed by atoms with van der Waals surface area (Å²) in [6.07, 6.45) is 1.67. The molecule has 0 bridgehead atoms. The minimum absolute atomic E-state index is 0.107. The highest BCUT2D eigenvalue weighted by Crippen LogP contribution is 2.25. The second kappa shape index (κ2) is 6.64. The predicted molar refractivity (Wildman–Crippen MR) is 93.5 cm³/mol. The number of pyridine rings is 1. The van der Waals surface area contributed by atoms with Gasteiger partial charge in [-0.05, 0) is 29.7 Å². The molecule has 3 aromatic rings. The van der Waals surface area contributed by atoms with Crippen LogP contribution in [-0.2, 0) is 6.54 Å². The summed E-state index contributed by atoms with van der Waals surface area (Å²) < 4.78 is 12.0. The first-order chi connectivity index (χ1) is 12.0. The van der Waals surface area contributed by atoms with E-state index in [-0.39, 0.29) is 17.8 Å². The zero-order valence-corrected chi connectivity index (χ0v) is 13.8. The summed E-state index contributed by atoms with van der Waals surface area (Å²) in [5, 5.41) is 11.9. The molecule has 0 saturated heterocycles. The van der Waals surface area contributed by atoms with Crippen LogP contribution in [0.15, 0.2) is 53.5 Å². The van der Waals surface area contributed by atoms with Crippen molar-refractivity contribution < 1.29 is 14.4 Å². The summed E-state index contributed by atoms with van der Waals surface area (Å²) in [5.74, 6) is 1.26. The Morgan fingerprint density at radius 3 is 2.56 bits per heavy atom. The maximum absolute atomic E-state index is 12.7. The van der Waals surface area contributed by atoms with Gasteiger partial charge in [0.25, 0.3) is 11.2 Å². The predicted octanol–water partition coefficient (Wildman–Crippen LogP) is 2.98. The van der Waals surface area contributed by atoms with Crippen LogP contribution in [0.1, 0.15) is 5.56 Å². The van der Waals surface area contributed by atoms with Gasteiger partial charge in [0, 0.05) is 30.0 Å². The molecule has 0 aliphatic carbocycles. The first-order valence-corrected chi connectivity index (χ1v) is 7.52. The number of aromatic nitrogens is 1. The van der Waals surface area contributed by atoms with Gasteiger partial charge in [-0.1, -0.05) is 0 Å². The minimum atomic E-state index is -0.511. The van der Waals surface area contributed by atoms with E-state index in [1.54, 1.807) is 44.7 Å². The molecule has 3 rings (SSSR count). The second-order valence-corrected chi connectivity index (χ2v) is 5.46. The quantitative estimate of drug-likeness (QED) is 0.527. The van der Waals surface area contributed by atoms with Gasteiger partial charge in [-0.25, -0.2) is 0 Å². The first kappa shape index (κ1) is 16.5. The highest BCUT2D eigenvalue weighted by Gasteiger charge is 2.12. The molecule has 128 valence electrons. The number of non-ortho nitro benzene ring substituents is 1. The van der Waals surface area contributed by atoms with Crippen molar-refractivity contribution in [2.45, 2.75) is 6.54 Å².